The third-order valence-corrected chi connectivity index (χ3v) is 2.78. The Balaban J connectivity index is 2.22. The molecule has 2 aromatic rings. The Labute approximate surface area is 96.4 Å². The molecule has 5 nitrogen and oxygen atoms in total. The molecule has 0 fully saturated rings. The van der Waals surface area contributed by atoms with E-state index in [-0.39, 0.29) is 0 Å². The van der Waals surface area contributed by atoms with E-state index < -0.39 is 0 Å². The molecule has 0 aliphatic rings. The van der Waals surface area contributed by atoms with Gasteiger partial charge in [-0.05, 0) is 6.07 Å². The summed E-state index contributed by atoms with van der Waals surface area (Å²) in [5.41, 5.74) is 6.63. The maximum absolute atomic E-state index is 8.57. The molecule has 0 aromatic carbocycles. The van der Waals surface area contributed by atoms with Crippen LogP contribution in [0.4, 0.5) is 5.69 Å². The number of hydrogen-bond acceptors (Lipinski definition) is 6. The molecule has 2 N–H and O–H groups in total. The van der Waals surface area contributed by atoms with Crippen molar-refractivity contribution in [1.29, 1.82) is 5.26 Å². The van der Waals surface area contributed by atoms with Crippen molar-refractivity contribution >= 4 is 17.4 Å². The van der Waals surface area contributed by atoms with Crippen molar-refractivity contribution in [3.05, 3.63) is 36.5 Å². The van der Waals surface area contributed by atoms with Crippen LogP contribution in [0, 0.1) is 11.3 Å². The predicted molar refractivity (Wildman–Crippen MR) is 59.5 cm³/mol. The molecule has 6 heteroatoms. The summed E-state index contributed by atoms with van der Waals surface area (Å²) in [5.74, 6) is 0. The first-order chi connectivity index (χ1) is 7.79. The monoisotopic (exact) mass is 229 g/mol. The van der Waals surface area contributed by atoms with E-state index in [2.05, 4.69) is 15.0 Å². The number of nitriles is 1. The van der Waals surface area contributed by atoms with Crippen LogP contribution in [0.1, 0.15) is 5.69 Å². The first kappa shape index (κ1) is 10.4. The van der Waals surface area contributed by atoms with Gasteiger partial charge in [-0.15, -0.1) is 0 Å². The molecule has 0 saturated carbocycles. The number of nitrogens with zero attached hydrogens (tertiary/aromatic N) is 4. The van der Waals surface area contributed by atoms with Crippen molar-refractivity contribution in [3.63, 3.8) is 0 Å². The summed E-state index contributed by atoms with van der Waals surface area (Å²) in [4.78, 5) is 12.8. The SMILES string of the molecule is N#Cc1cnc(Sc2ccncc2N)cn1. The quantitative estimate of drug-likeness (QED) is 0.839. The smallest absolute Gasteiger partial charge is 0.158 e. The van der Waals surface area contributed by atoms with Gasteiger partial charge in [0, 0.05) is 11.1 Å². The van der Waals surface area contributed by atoms with Gasteiger partial charge in [0.15, 0.2) is 5.69 Å². The van der Waals surface area contributed by atoms with Crippen molar-refractivity contribution in [3.8, 4) is 6.07 Å². The lowest BCUT2D eigenvalue weighted by Gasteiger charge is -2.02. The van der Waals surface area contributed by atoms with Gasteiger partial charge in [-0.1, -0.05) is 11.8 Å². The molecule has 78 valence electrons. The Hall–Kier alpha value is -2.13. The van der Waals surface area contributed by atoms with Crippen LogP contribution in [0.5, 0.6) is 0 Å². The molecular weight excluding hydrogens is 222 g/mol. The lowest BCUT2D eigenvalue weighted by Crippen LogP contribution is -1.91. The van der Waals surface area contributed by atoms with Crippen molar-refractivity contribution in [2.75, 3.05) is 5.73 Å². The summed E-state index contributed by atoms with van der Waals surface area (Å²) in [6, 6.07) is 3.72. The predicted octanol–water partition coefficient (Wildman–Crippen LogP) is 1.48. The van der Waals surface area contributed by atoms with Gasteiger partial charge in [0.05, 0.1) is 24.3 Å². The number of nitrogens with two attached hydrogens (primary N) is 1. The van der Waals surface area contributed by atoms with E-state index in [1.54, 1.807) is 24.7 Å². The normalized spacial score (nSPS) is 9.69. The lowest BCUT2D eigenvalue weighted by atomic mass is 10.4. The van der Waals surface area contributed by atoms with Crippen LogP contribution in [0.25, 0.3) is 0 Å². The summed E-state index contributed by atoms with van der Waals surface area (Å²) in [6.07, 6.45) is 6.22. The van der Waals surface area contributed by atoms with E-state index in [9.17, 15) is 0 Å². The van der Waals surface area contributed by atoms with Crippen molar-refractivity contribution in [2.24, 2.45) is 0 Å². The van der Waals surface area contributed by atoms with Gasteiger partial charge in [-0.25, -0.2) is 9.97 Å². The maximum atomic E-state index is 8.57. The molecule has 2 heterocycles. The van der Waals surface area contributed by atoms with Crippen LogP contribution in [0.15, 0.2) is 40.8 Å². The molecule has 16 heavy (non-hydrogen) atoms. The fourth-order valence-corrected chi connectivity index (χ4v) is 1.76. The highest BCUT2D eigenvalue weighted by Gasteiger charge is 2.03. The summed E-state index contributed by atoms with van der Waals surface area (Å²) in [7, 11) is 0. The van der Waals surface area contributed by atoms with Gasteiger partial charge in [0.1, 0.15) is 11.1 Å². The Bertz CT molecular complexity index is 532. The second kappa shape index (κ2) is 4.59. The van der Waals surface area contributed by atoms with Gasteiger partial charge in [-0.3, -0.25) is 4.98 Å². The lowest BCUT2D eigenvalue weighted by molar-refractivity contribution is 1.04. The van der Waals surface area contributed by atoms with Gasteiger partial charge < -0.3 is 5.73 Å². The van der Waals surface area contributed by atoms with E-state index in [1.807, 2.05) is 6.07 Å². The second-order valence-electron chi connectivity index (χ2n) is 2.87. The van der Waals surface area contributed by atoms with Gasteiger partial charge in [0.2, 0.25) is 0 Å². The topological polar surface area (TPSA) is 88.5 Å². The van der Waals surface area contributed by atoms with Crippen LogP contribution in [-0.2, 0) is 0 Å². The number of nitrogen functional groups attached to an aromatic ring is 1. The number of pyridine rings is 1. The highest BCUT2D eigenvalue weighted by Crippen LogP contribution is 2.29. The van der Waals surface area contributed by atoms with E-state index in [0.717, 1.165) is 4.90 Å². The Morgan fingerprint density at radius 2 is 2.12 bits per heavy atom. The maximum Gasteiger partial charge on any atom is 0.158 e. The summed E-state index contributed by atoms with van der Waals surface area (Å²) >= 11 is 1.39. The van der Waals surface area contributed by atoms with E-state index in [1.165, 1.54) is 18.0 Å². The average Bonchev–Trinajstić information content (AvgIpc) is 2.33. The molecule has 0 aliphatic carbocycles. The van der Waals surface area contributed by atoms with E-state index in [0.29, 0.717) is 16.4 Å². The fourth-order valence-electron chi connectivity index (χ4n) is 1.03. The molecule has 0 spiro atoms. The van der Waals surface area contributed by atoms with E-state index in [4.69, 9.17) is 11.0 Å². The minimum Gasteiger partial charge on any atom is -0.397 e. The minimum atomic E-state index is 0.298. The summed E-state index contributed by atoms with van der Waals surface area (Å²) < 4.78 is 0. The summed E-state index contributed by atoms with van der Waals surface area (Å²) in [6.45, 7) is 0. The molecule has 0 saturated heterocycles. The molecule has 0 radical (unpaired) electrons. The van der Waals surface area contributed by atoms with Crippen molar-refractivity contribution in [2.45, 2.75) is 9.92 Å². The molecule has 0 unspecified atom stereocenters. The minimum absolute atomic E-state index is 0.298. The third kappa shape index (κ3) is 2.27. The fraction of sp³-hybridized carbons (Fsp3) is 0. The molecule has 0 amide bonds. The van der Waals surface area contributed by atoms with Crippen LogP contribution >= 0.6 is 11.8 Å². The first-order valence-corrected chi connectivity index (χ1v) is 5.21. The zero-order valence-corrected chi connectivity index (χ0v) is 8.98. The zero-order valence-electron chi connectivity index (χ0n) is 8.16. The number of hydrogen-bond donors (Lipinski definition) is 1. The molecular formula is C10H7N5S. The van der Waals surface area contributed by atoms with E-state index >= 15 is 0 Å². The molecule has 0 aliphatic heterocycles. The standard InChI is InChI=1S/C10H7N5S/c11-3-7-4-15-10(6-14-7)16-9-1-2-13-5-8(9)12/h1-2,4-6H,12H2. The van der Waals surface area contributed by atoms with Crippen molar-refractivity contribution in [1.82, 2.24) is 15.0 Å². The largest absolute Gasteiger partial charge is 0.397 e. The Kier molecular flexibility index (Phi) is 2.98. The molecule has 0 atom stereocenters. The number of aromatic nitrogens is 3. The van der Waals surface area contributed by atoms with Crippen LogP contribution in [0.2, 0.25) is 0 Å². The first-order valence-electron chi connectivity index (χ1n) is 4.39. The molecule has 2 aromatic heterocycles. The molecule has 0 bridgehead atoms. The van der Waals surface area contributed by atoms with Crippen LogP contribution in [0.3, 0.4) is 0 Å². The van der Waals surface area contributed by atoms with Crippen LogP contribution < -0.4 is 5.73 Å². The van der Waals surface area contributed by atoms with Crippen LogP contribution in [-0.4, -0.2) is 15.0 Å². The third-order valence-electron chi connectivity index (χ3n) is 1.77. The van der Waals surface area contributed by atoms with Gasteiger partial charge >= 0.3 is 0 Å². The number of anilines is 1. The highest BCUT2D eigenvalue weighted by atomic mass is 32.2. The number of rotatable bonds is 2. The van der Waals surface area contributed by atoms with Gasteiger partial charge in [-0.2, -0.15) is 5.26 Å². The summed E-state index contributed by atoms with van der Waals surface area (Å²) in [5, 5.41) is 9.27. The Morgan fingerprint density at radius 1 is 1.25 bits per heavy atom. The molecule has 2 rings (SSSR count). The van der Waals surface area contributed by atoms with Gasteiger partial charge in [0.25, 0.3) is 0 Å². The zero-order chi connectivity index (χ0) is 11.4. The average molecular weight is 229 g/mol. The van der Waals surface area contributed by atoms with Crippen molar-refractivity contribution < 1.29 is 0 Å². The second-order valence-corrected chi connectivity index (χ2v) is 3.93. The highest BCUT2D eigenvalue weighted by molar-refractivity contribution is 7.99. The Morgan fingerprint density at radius 3 is 2.75 bits per heavy atom.